The zero-order valence-corrected chi connectivity index (χ0v) is 10.2. The summed E-state index contributed by atoms with van der Waals surface area (Å²) in [6, 6.07) is 9.71. The first-order valence-corrected chi connectivity index (χ1v) is 5.70. The fraction of sp³-hybridized carbons (Fsp3) is 0.364. The number of alkyl halides is 1. The molecule has 2 rings (SSSR count). The summed E-state index contributed by atoms with van der Waals surface area (Å²) in [7, 11) is 1.62. The average Bonchev–Trinajstić information content (AvgIpc) is 2.78. The van der Waals surface area contributed by atoms with Crippen molar-refractivity contribution in [2.75, 3.05) is 13.7 Å². The third-order valence-electron chi connectivity index (χ3n) is 2.29. The minimum Gasteiger partial charge on any atom is -0.383 e. The summed E-state index contributed by atoms with van der Waals surface area (Å²) in [5.74, 6) is 0.730. The summed E-state index contributed by atoms with van der Waals surface area (Å²) in [6.07, 6.45) is 0.567. The van der Waals surface area contributed by atoms with Gasteiger partial charge >= 0.3 is 0 Å². The molecule has 6 heteroatoms. The lowest BCUT2D eigenvalue weighted by Crippen LogP contribution is -2.14. The van der Waals surface area contributed by atoms with Gasteiger partial charge in [-0.1, -0.05) is 18.2 Å². The minimum absolute atomic E-state index is 0.131. The molecule has 0 saturated heterocycles. The van der Waals surface area contributed by atoms with Gasteiger partial charge in [0.25, 0.3) is 0 Å². The summed E-state index contributed by atoms with van der Waals surface area (Å²) in [4.78, 5) is 0. The quantitative estimate of drug-likeness (QED) is 0.756. The van der Waals surface area contributed by atoms with E-state index in [9.17, 15) is 0 Å². The number of rotatable bonds is 5. The van der Waals surface area contributed by atoms with E-state index in [2.05, 4.69) is 15.5 Å². The van der Waals surface area contributed by atoms with Crippen molar-refractivity contribution in [3.8, 4) is 5.69 Å². The van der Waals surface area contributed by atoms with Crippen molar-refractivity contribution >= 4 is 11.6 Å². The molecule has 0 amide bonds. The van der Waals surface area contributed by atoms with E-state index in [0.29, 0.717) is 13.0 Å². The lowest BCUT2D eigenvalue weighted by atomic mass is 10.3. The van der Waals surface area contributed by atoms with Gasteiger partial charge in [0.2, 0.25) is 0 Å². The summed E-state index contributed by atoms with van der Waals surface area (Å²) >= 11 is 6.10. The summed E-state index contributed by atoms with van der Waals surface area (Å²) in [5.41, 5.74) is 0.925. The second-order valence-corrected chi connectivity index (χ2v) is 4.22. The van der Waals surface area contributed by atoms with E-state index in [1.165, 1.54) is 0 Å². The smallest absolute Gasteiger partial charge is 0.158 e. The van der Waals surface area contributed by atoms with Gasteiger partial charge < -0.3 is 4.74 Å². The molecule has 0 aliphatic rings. The Labute approximate surface area is 104 Å². The number of hydrogen-bond donors (Lipinski definition) is 0. The van der Waals surface area contributed by atoms with E-state index in [4.69, 9.17) is 16.3 Å². The maximum Gasteiger partial charge on any atom is 0.158 e. The highest BCUT2D eigenvalue weighted by atomic mass is 35.5. The van der Waals surface area contributed by atoms with Gasteiger partial charge in [0, 0.05) is 13.5 Å². The number of nitrogens with zero attached hydrogens (tertiary/aromatic N) is 4. The summed E-state index contributed by atoms with van der Waals surface area (Å²) < 4.78 is 6.67. The van der Waals surface area contributed by atoms with E-state index in [1.807, 2.05) is 30.3 Å². The highest BCUT2D eigenvalue weighted by Gasteiger charge is 2.13. The van der Waals surface area contributed by atoms with E-state index >= 15 is 0 Å². The van der Waals surface area contributed by atoms with Gasteiger partial charge in [-0.25, -0.2) is 0 Å². The topological polar surface area (TPSA) is 52.8 Å². The first-order chi connectivity index (χ1) is 8.31. The Morgan fingerprint density at radius 2 is 2.12 bits per heavy atom. The predicted molar refractivity (Wildman–Crippen MR) is 64.4 cm³/mol. The molecule has 0 saturated carbocycles. The molecule has 0 spiro atoms. The van der Waals surface area contributed by atoms with Crippen LogP contribution in [0.3, 0.4) is 0 Å². The number of hydrogen-bond acceptors (Lipinski definition) is 4. The van der Waals surface area contributed by atoms with Gasteiger partial charge in [-0.15, -0.1) is 16.7 Å². The number of benzene rings is 1. The van der Waals surface area contributed by atoms with Crippen LogP contribution in [0.25, 0.3) is 5.69 Å². The number of aromatic nitrogens is 4. The second kappa shape index (κ2) is 5.75. The first-order valence-electron chi connectivity index (χ1n) is 5.27. The third kappa shape index (κ3) is 3.01. The SMILES string of the molecule is COCC(Cl)Cc1nnnn1-c1ccccc1. The third-order valence-corrected chi connectivity index (χ3v) is 2.57. The average molecular weight is 253 g/mol. The Balaban J connectivity index is 2.18. The van der Waals surface area contributed by atoms with Crippen molar-refractivity contribution in [3.05, 3.63) is 36.2 Å². The summed E-state index contributed by atoms with van der Waals surface area (Å²) in [6.45, 7) is 0.475. The number of para-hydroxylation sites is 1. The van der Waals surface area contributed by atoms with Crippen molar-refractivity contribution in [2.24, 2.45) is 0 Å². The van der Waals surface area contributed by atoms with Gasteiger partial charge in [0.05, 0.1) is 17.7 Å². The van der Waals surface area contributed by atoms with Crippen molar-refractivity contribution in [2.45, 2.75) is 11.8 Å². The van der Waals surface area contributed by atoms with Crippen LogP contribution in [0.5, 0.6) is 0 Å². The van der Waals surface area contributed by atoms with E-state index in [1.54, 1.807) is 11.8 Å². The zero-order valence-electron chi connectivity index (χ0n) is 9.45. The molecule has 1 atom stereocenters. The van der Waals surface area contributed by atoms with E-state index < -0.39 is 0 Å². The van der Waals surface area contributed by atoms with E-state index in [0.717, 1.165) is 11.5 Å². The Morgan fingerprint density at radius 3 is 2.82 bits per heavy atom. The molecule has 0 aliphatic carbocycles. The molecule has 17 heavy (non-hydrogen) atoms. The Hall–Kier alpha value is -1.46. The largest absolute Gasteiger partial charge is 0.383 e. The molecule has 5 nitrogen and oxygen atoms in total. The van der Waals surface area contributed by atoms with Crippen LogP contribution in [0.15, 0.2) is 30.3 Å². The molecular formula is C11H13ClN4O. The molecule has 1 aromatic heterocycles. The molecule has 2 aromatic rings. The van der Waals surface area contributed by atoms with Crippen LogP contribution in [-0.2, 0) is 11.2 Å². The molecule has 0 fully saturated rings. The Bertz CT molecular complexity index is 460. The maximum absolute atomic E-state index is 6.10. The molecule has 1 aromatic carbocycles. The molecule has 1 heterocycles. The van der Waals surface area contributed by atoms with Gasteiger partial charge in [-0.2, -0.15) is 4.68 Å². The highest BCUT2D eigenvalue weighted by Crippen LogP contribution is 2.10. The lowest BCUT2D eigenvalue weighted by Gasteiger charge is -2.08. The molecule has 0 bridgehead atoms. The highest BCUT2D eigenvalue weighted by molar-refractivity contribution is 6.20. The number of halogens is 1. The van der Waals surface area contributed by atoms with Crippen LogP contribution in [-0.4, -0.2) is 39.3 Å². The van der Waals surface area contributed by atoms with Crippen molar-refractivity contribution < 1.29 is 4.74 Å². The fourth-order valence-corrected chi connectivity index (χ4v) is 1.80. The first kappa shape index (κ1) is 12.0. The van der Waals surface area contributed by atoms with Crippen LogP contribution in [0, 0.1) is 0 Å². The van der Waals surface area contributed by atoms with Gasteiger partial charge in [0.1, 0.15) is 0 Å². The Kier molecular flexibility index (Phi) is 4.06. The molecular weight excluding hydrogens is 240 g/mol. The van der Waals surface area contributed by atoms with Crippen molar-refractivity contribution in [1.29, 1.82) is 0 Å². The van der Waals surface area contributed by atoms with Gasteiger partial charge in [0.15, 0.2) is 5.82 Å². The predicted octanol–water partition coefficient (Wildman–Crippen LogP) is 1.46. The van der Waals surface area contributed by atoms with Crippen molar-refractivity contribution in [3.63, 3.8) is 0 Å². The number of methoxy groups -OCH3 is 1. The molecule has 90 valence electrons. The lowest BCUT2D eigenvalue weighted by molar-refractivity contribution is 0.197. The van der Waals surface area contributed by atoms with E-state index in [-0.39, 0.29) is 5.38 Å². The molecule has 0 radical (unpaired) electrons. The zero-order chi connectivity index (χ0) is 12.1. The molecule has 0 N–H and O–H groups in total. The normalized spacial score (nSPS) is 12.6. The molecule has 1 unspecified atom stereocenters. The van der Waals surface area contributed by atoms with Gasteiger partial charge in [-0.05, 0) is 22.6 Å². The van der Waals surface area contributed by atoms with Gasteiger partial charge in [-0.3, -0.25) is 0 Å². The second-order valence-electron chi connectivity index (χ2n) is 3.60. The van der Waals surface area contributed by atoms with Crippen LogP contribution in [0.4, 0.5) is 0 Å². The fourth-order valence-electron chi connectivity index (χ4n) is 1.54. The standard InChI is InChI=1S/C11H13ClN4O/c1-17-8-9(12)7-11-13-14-15-16(11)10-5-3-2-4-6-10/h2-6,9H,7-8H2,1H3. The van der Waals surface area contributed by atoms with Crippen LogP contribution >= 0.6 is 11.6 Å². The minimum atomic E-state index is -0.131. The molecule has 0 aliphatic heterocycles. The maximum atomic E-state index is 6.10. The van der Waals surface area contributed by atoms with Crippen LogP contribution in [0.1, 0.15) is 5.82 Å². The monoisotopic (exact) mass is 252 g/mol. The van der Waals surface area contributed by atoms with Crippen molar-refractivity contribution in [1.82, 2.24) is 20.2 Å². The van der Waals surface area contributed by atoms with Crippen LogP contribution < -0.4 is 0 Å². The number of ether oxygens (including phenoxy) is 1. The Morgan fingerprint density at radius 1 is 1.35 bits per heavy atom. The summed E-state index contributed by atoms with van der Waals surface area (Å²) in [5, 5.41) is 11.5. The number of tetrazole rings is 1. The van der Waals surface area contributed by atoms with Crippen LogP contribution in [0.2, 0.25) is 0 Å².